The first kappa shape index (κ1) is 17.5. The molecule has 0 atom stereocenters. The molecule has 1 fully saturated rings. The van der Waals surface area contributed by atoms with E-state index in [2.05, 4.69) is 20.6 Å². The fraction of sp³-hybridized carbons (Fsp3) is 0.444. The lowest BCUT2D eigenvalue weighted by Crippen LogP contribution is -2.38. The lowest BCUT2D eigenvalue weighted by Gasteiger charge is -2.22. The van der Waals surface area contributed by atoms with Gasteiger partial charge in [-0.25, -0.2) is 9.78 Å². The second kappa shape index (κ2) is 8.20. The van der Waals surface area contributed by atoms with Gasteiger partial charge in [0.1, 0.15) is 5.75 Å². The highest BCUT2D eigenvalue weighted by Gasteiger charge is 2.20. The molecule has 0 spiro atoms. The molecule has 3 rings (SSSR count). The van der Waals surface area contributed by atoms with Crippen molar-refractivity contribution in [3.8, 4) is 5.75 Å². The van der Waals surface area contributed by atoms with Crippen LogP contribution in [-0.2, 0) is 0 Å². The summed E-state index contributed by atoms with van der Waals surface area (Å²) in [5, 5.41) is 6.08. The highest BCUT2D eigenvalue weighted by atomic mass is 32.1. The summed E-state index contributed by atoms with van der Waals surface area (Å²) in [6.45, 7) is 7.78. The van der Waals surface area contributed by atoms with Gasteiger partial charge in [0, 0.05) is 37.2 Å². The Morgan fingerprint density at radius 2 is 2.04 bits per heavy atom. The number of nitrogens with zero attached hydrogens (tertiary/aromatic N) is 3. The van der Waals surface area contributed by atoms with Gasteiger partial charge in [-0.2, -0.15) is 0 Å². The number of thiazole rings is 1. The van der Waals surface area contributed by atoms with Crippen molar-refractivity contribution < 1.29 is 9.53 Å². The Balaban J connectivity index is 1.55. The van der Waals surface area contributed by atoms with E-state index < -0.39 is 0 Å². The second-order valence-electron chi connectivity index (χ2n) is 5.99. The number of carbonyl (C=O) groups excluding carboxylic acids is 1. The average Bonchev–Trinajstić information content (AvgIpc) is 2.89. The molecule has 0 aliphatic carbocycles. The fourth-order valence-electron chi connectivity index (χ4n) is 2.80. The first-order chi connectivity index (χ1) is 12.2. The molecule has 0 unspecified atom stereocenters. The van der Waals surface area contributed by atoms with E-state index in [4.69, 9.17) is 4.74 Å². The maximum absolute atomic E-state index is 12.5. The fourth-order valence-corrected chi connectivity index (χ4v) is 3.66. The summed E-state index contributed by atoms with van der Waals surface area (Å²) in [7, 11) is 0. The molecule has 25 heavy (non-hydrogen) atoms. The number of anilines is 2. The zero-order chi connectivity index (χ0) is 17.6. The van der Waals surface area contributed by atoms with Gasteiger partial charge in [0.15, 0.2) is 5.13 Å². The van der Waals surface area contributed by atoms with E-state index in [1.165, 1.54) is 0 Å². The van der Waals surface area contributed by atoms with Crippen LogP contribution in [0, 0.1) is 6.92 Å². The standard InChI is InChI=1S/C18H24N4O2S/c1-3-24-16-7-5-15(6-8-16)20-17(23)21-9-4-10-22(12-11-21)18-19-14(2)13-25-18/h5-8,13H,3-4,9-12H2,1-2H3,(H,20,23). The maximum Gasteiger partial charge on any atom is 0.321 e. The number of amides is 2. The number of rotatable bonds is 4. The van der Waals surface area contributed by atoms with Gasteiger partial charge in [0.25, 0.3) is 0 Å². The Morgan fingerprint density at radius 3 is 2.72 bits per heavy atom. The van der Waals surface area contributed by atoms with Crippen LogP contribution in [0.5, 0.6) is 5.75 Å². The number of hydrogen-bond donors (Lipinski definition) is 1. The van der Waals surface area contributed by atoms with Crippen LogP contribution in [0.15, 0.2) is 29.6 Å². The zero-order valence-corrected chi connectivity index (χ0v) is 15.5. The molecule has 1 aliphatic rings. The molecule has 0 saturated carbocycles. The summed E-state index contributed by atoms with van der Waals surface area (Å²) in [6.07, 6.45) is 0.940. The van der Waals surface area contributed by atoms with Crippen molar-refractivity contribution in [3.63, 3.8) is 0 Å². The number of hydrogen-bond acceptors (Lipinski definition) is 5. The lowest BCUT2D eigenvalue weighted by atomic mass is 10.3. The Bertz CT molecular complexity index is 701. The quantitative estimate of drug-likeness (QED) is 0.905. The Kier molecular flexibility index (Phi) is 5.75. The molecular weight excluding hydrogens is 336 g/mol. The van der Waals surface area contributed by atoms with Gasteiger partial charge in [-0.3, -0.25) is 0 Å². The van der Waals surface area contributed by atoms with Crippen molar-refractivity contribution >= 4 is 28.2 Å². The molecular formula is C18H24N4O2S. The first-order valence-electron chi connectivity index (χ1n) is 8.61. The number of nitrogens with one attached hydrogen (secondary N) is 1. The molecule has 1 aromatic heterocycles. The smallest absolute Gasteiger partial charge is 0.321 e. The minimum absolute atomic E-state index is 0.0543. The van der Waals surface area contributed by atoms with Gasteiger partial charge < -0.3 is 19.9 Å². The van der Waals surface area contributed by atoms with Crippen molar-refractivity contribution in [1.82, 2.24) is 9.88 Å². The van der Waals surface area contributed by atoms with Gasteiger partial charge in [0.2, 0.25) is 0 Å². The summed E-state index contributed by atoms with van der Waals surface area (Å²) in [4.78, 5) is 21.2. The van der Waals surface area contributed by atoms with Gasteiger partial charge in [-0.1, -0.05) is 0 Å². The lowest BCUT2D eigenvalue weighted by molar-refractivity contribution is 0.215. The number of aromatic nitrogens is 1. The molecule has 1 N–H and O–H groups in total. The van der Waals surface area contributed by atoms with Gasteiger partial charge >= 0.3 is 6.03 Å². The van der Waals surface area contributed by atoms with Crippen LogP contribution >= 0.6 is 11.3 Å². The van der Waals surface area contributed by atoms with E-state index in [0.717, 1.165) is 48.3 Å². The Hall–Kier alpha value is -2.28. The van der Waals surface area contributed by atoms with Crippen molar-refractivity contribution in [2.45, 2.75) is 20.3 Å². The molecule has 1 saturated heterocycles. The van der Waals surface area contributed by atoms with Gasteiger partial charge in [-0.05, 0) is 44.5 Å². The van der Waals surface area contributed by atoms with Crippen molar-refractivity contribution in [2.24, 2.45) is 0 Å². The van der Waals surface area contributed by atoms with Crippen LogP contribution in [0.4, 0.5) is 15.6 Å². The predicted molar refractivity (Wildman–Crippen MR) is 102 cm³/mol. The largest absolute Gasteiger partial charge is 0.494 e. The van der Waals surface area contributed by atoms with E-state index in [1.807, 2.05) is 43.0 Å². The predicted octanol–water partition coefficient (Wildman–Crippen LogP) is 3.59. The highest BCUT2D eigenvalue weighted by Crippen LogP contribution is 2.22. The van der Waals surface area contributed by atoms with Crippen molar-refractivity contribution in [2.75, 3.05) is 43.0 Å². The molecule has 7 heteroatoms. The van der Waals surface area contributed by atoms with E-state index in [1.54, 1.807) is 11.3 Å². The van der Waals surface area contributed by atoms with E-state index in [0.29, 0.717) is 13.2 Å². The number of aryl methyl sites for hydroxylation is 1. The third kappa shape index (κ3) is 4.63. The van der Waals surface area contributed by atoms with Crippen LogP contribution in [0.2, 0.25) is 0 Å². The minimum Gasteiger partial charge on any atom is -0.494 e. The maximum atomic E-state index is 12.5. The summed E-state index contributed by atoms with van der Waals surface area (Å²) in [5.74, 6) is 0.810. The molecule has 1 aromatic carbocycles. The van der Waals surface area contributed by atoms with Gasteiger partial charge in [-0.15, -0.1) is 11.3 Å². The molecule has 0 bridgehead atoms. The number of urea groups is 1. The van der Waals surface area contributed by atoms with E-state index in [-0.39, 0.29) is 6.03 Å². The van der Waals surface area contributed by atoms with E-state index in [9.17, 15) is 4.79 Å². The number of ether oxygens (including phenoxy) is 1. The highest BCUT2D eigenvalue weighted by molar-refractivity contribution is 7.13. The van der Waals surface area contributed by atoms with E-state index >= 15 is 0 Å². The molecule has 6 nitrogen and oxygen atoms in total. The third-order valence-corrected chi connectivity index (χ3v) is 5.10. The van der Waals surface area contributed by atoms with Crippen LogP contribution in [0.1, 0.15) is 19.0 Å². The number of benzene rings is 1. The van der Waals surface area contributed by atoms with Crippen LogP contribution in [-0.4, -0.2) is 48.7 Å². The molecule has 2 amide bonds. The van der Waals surface area contributed by atoms with Crippen molar-refractivity contribution in [3.05, 3.63) is 35.3 Å². The summed E-state index contributed by atoms with van der Waals surface area (Å²) < 4.78 is 5.42. The van der Waals surface area contributed by atoms with Crippen molar-refractivity contribution in [1.29, 1.82) is 0 Å². The van der Waals surface area contributed by atoms with Crippen LogP contribution in [0.25, 0.3) is 0 Å². The SMILES string of the molecule is CCOc1ccc(NC(=O)N2CCCN(c3nc(C)cs3)CC2)cc1. The molecule has 0 radical (unpaired) electrons. The molecule has 2 heterocycles. The normalized spacial score (nSPS) is 15.0. The van der Waals surface area contributed by atoms with Crippen LogP contribution < -0.4 is 15.0 Å². The monoisotopic (exact) mass is 360 g/mol. The third-order valence-electron chi connectivity index (χ3n) is 4.08. The molecule has 1 aliphatic heterocycles. The summed E-state index contributed by atoms with van der Waals surface area (Å²) in [5.41, 5.74) is 1.83. The minimum atomic E-state index is -0.0543. The van der Waals surface area contributed by atoms with Gasteiger partial charge in [0.05, 0.1) is 12.3 Å². The average molecular weight is 360 g/mol. The zero-order valence-electron chi connectivity index (χ0n) is 14.7. The topological polar surface area (TPSA) is 57.7 Å². The Labute approximate surface area is 152 Å². The van der Waals surface area contributed by atoms with Crippen LogP contribution in [0.3, 0.4) is 0 Å². The number of carbonyl (C=O) groups is 1. The summed E-state index contributed by atoms with van der Waals surface area (Å²) in [6, 6.07) is 7.42. The second-order valence-corrected chi connectivity index (χ2v) is 6.82. The molecule has 2 aromatic rings. The Morgan fingerprint density at radius 1 is 1.24 bits per heavy atom. The first-order valence-corrected chi connectivity index (χ1v) is 9.49. The molecule has 134 valence electrons. The summed E-state index contributed by atoms with van der Waals surface area (Å²) >= 11 is 1.67.